The number of carbonyl (C=O) groups is 1. The minimum atomic E-state index is -0.166. The van der Waals surface area contributed by atoms with Crippen molar-refractivity contribution in [2.75, 3.05) is 14.1 Å². The molecule has 27 heavy (non-hydrogen) atoms. The number of rotatable bonds is 6. The van der Waals surface area contributed by atoms with E-state index in [2.05, 4.69) is 15.5 Å². The van der Waals surface area contributed by atoms with Crippen LogP contribution in [0.4, 0.5) is 0 Å². The average molecular weight is 376 g/mol. The van der Waals surface area contributed by atoms with E-state index in [-0.39, 0.29) is 5.78 Å². The van der Waals surface area contributed by atoms with Gasteiger partial charge in [0.15, 0.2) is 0 Å². The largest absolute Gasteiger partial charge is 0.382 e. The molecule has 0 saturated carbocycles. The summed E-state index contributed by atoms with van der Waals surface area (Å²) < 4.78 is 1.58. The van der Waals surface area contributed by atoms with Crippen molar-refractivity contribution >= 4 is 17.5 Å². The molecular weight excluding hydrogens is 360 g/mol. The SMILES string of the molecule is CN(C)/C=C(\Sc1nnnn1-c1ccccc1)C(=O)c1ccc(C#N)cc1. The van der Waals surface area contributed by atoms with Gasteiger partial charge in [0.25, 0.3) is 0 Å². The quantitative estimate of drug-likeness (QED) is 0.371. The van der Waals surface area contributed by atoms with Crippen molar-refractivity contribution in [3.8, 4) is 11.8 Å². The smallest absolute Gasteiger partial charge is 0.219 e. The predicted molar refractivity (Wildman–Crippen MR) is 102 cm³/mol. The number of ketones is 1. The third-order valence-electron chi connectivity index (χ3n) is 3.52. The number of aromatic nitrogens is 4. The number of allylic oxidation sites excluding steroid dienone is 1. The number of nitriles is 1. The fraction of sp³-hybridized carbons (Fsp3) is 0.105. The van der Waals surface area contributed by atoms with Gasteiger partial charge in [-0.1, -0.05) is 18.2 Å². The number of nitrogens with zero attached hydrogens (tertiary/aromatic N) is 6. The van der Waals surface area contributed by atoms with E-state index in [9.17, 15) is 4.79 Å². The molecule has 0 atom stereocenters. The maximum Gasteiger partial charge on any atom is 0.219 e. The number of thioether (sulfide) groups is 1. The highest BCUT2D eigenvalue weighted by Gasteiger charge is 2.19. The zero-order valence-corrected chi connectivity index (χ0v) is 15.6. The van der Waals surface area contributed by atoms with E-state index in [4.69, 9.17) is 5.26 Å². The number of hydrogen-bond donors (Lipinski definition) is 0. The lowest BCUT2D eigenvalue weighted by atomic mass is 10.1. The molecule has 0 N–H and O–H groups in total. The number of benzene rings is 2. The molecule has 0 aliphatic rings. The number of tetrazole rings is 1. The Kier molecular flexibility index (Phi) is 5.64. The minimum Gasteiger partial charge on any atom is -0.382 e. The maximum atomic E-state index is 13.0. The molecule has 1 aromatic heterocycles. The van der Waals surface area contributed by atoms with Crippen molar-refractivity contribution in [2.24, 2.45) is 0 Å². The van der Waals surface area contributed by atoms with E-state index >= 15 is 0 Å². The van der Waals surface area contributed by atoms with Gasteiger partial charge in [-0.25, -0.2) is 0 Å². The van der Waals surface area contributed by atoms with Gasteiger partial charge in [0, 0.05) is 25.9 Å². The second-order valence-electron chi connectivity index (χ2n) is 5.79. The number of carbonyl (C=O) groups excluding carboxylic acids is 1. The summed E-state index contributed by atoms with van der Waals surface area (Å²) in [6.07, 6.45) is 1.73. The van der Waals surface area contributed by atoms with Crippen LogP contribution in [0.1, 0.15) is 15.9 Å². The van der Waals surface area contributed by atoms with E-state index in [1.54, 1.807) is 40.0 Å². The third-order valence-corrected chi connectivity index (χ3v) is 4.47. The molecule has 134 valence electrons. The first-order chi connectivity index (χ1) is 13.1. The Labute approximate surface area is 160 Å². The summed E-state index contributed by atoms with van der Waals surface area (Å²) in [6.45, 7) is 0. The normalized spacial score (nSPS) is 11.1. The zero-order valence-electron chi connectivity index (χ0n) is 14.8. The second kappa shape index (κ2) is 8.29. The van der Waals surface area contributed by atoms with Crippen LogP contribution in [0.25, 0.3) is 5.69 Å². The van der Waals surface area contributed by atoms with Gasteiger partial charge < -0.3 is 4.90 Å². The maximum absolute atomic E-state index is 13.0. The van der Waals surface area contributed by atoms with Crippen LogP contribution in [0.2, 0.25) is 0 Å². The Morgan fingerprint density at radius 3 is 2.48 bits per heavy atom. The second-order valence-corrected chi connectivity index (χ2v) is 6.80. The molecule has 8 heteroatoms. The highest BCUT2D eigenvalue weighted by atomic mass is 32.2. The molecular formula is C19H16N6OS. The number of para-hydroxylation sites is 1. The molecule has 0 aliphatic carbocycles. The molecule has 0 aliphatic heterocycles. The van der Waals surface area contributed by atoms with Crippen molar-refractivity contribution in [3.05, 3.63) is 76.8 Å². The van der Waals surface area contributed by atoms with E-state index in [0.717, 1.165) is 5.69 Å². The van der Waals surface area contributed by atoms with E-state index in [1.165, 1.54) is 11.8 Å². The van der Waals surface area contributed by atoms with Crippen LogP contribution < -0.4 is 0 Å². The molecule has 1 heterocycles. The molecule has 0 radical (unpaired) electrons. The number of hydrogen-bond acceptors (Lipinski definition) is 7. The monoisotopic (exact) mass is 376 g/mol. The molecule has 0 saturated heterocycles. The molecule has 2 aromatic carbocycles. The summed E-state index contributed by atoms with van der Waals surface area (Å²) in [7, 11) is 3.68. The molecule has 3 aromatic rings. The molecule has 0 spiro atoms. The third kappa shape index (κ3) is 4.40. The Bertz CT molecular complexity index is 1000. The Hall–Kier alpha value is -3.44. The lowest BCUT2D eigenvalue weighted by Gasteiger charge is -2.11. The average Bonchev–Trinajstić information content (AvgIpc) is 3.15. The fourth-order valence-electron chi connectivity index (χ4n) is 2.28. The lowest BCUT2D eigenvalue weighted by molar-refractivity contribution is 0.104. The van der Waals surface area contributed by atoms with Crippen LogP contribution in [0.5, 0.6) is 0 Å². The first-order valence-corrected chi connectivity index (χ1v) is 8.85. The van der Waals surface area contributed by atoms with Gasteiger partial charge in [0.1, 0.15) is 0 Å². The molecule has 3 rings (SSSR count). The van der Waals surface area contributed by atoms with Crippen LogP contribution >= 0.6 is 11.8 Å². The Morgan fingerprint density at radius 1 is 1.15 bits per heavy atom. The topological polar surface area (TPSA) is 87.7 Å². The highest BCUT2D eigenvalue weighted by Crippen LogP contribution is 2.29. The summed E-state index contributed by atoms with van der Waals surface area (Å²) in [6, 6.07) is 18.1. The first-order valence-electron chi connectivity index (χ1n) is 8.03. The number of Topliss-reactive ketones (excluding diaryl/α,β-unsaturated/α-hetero) is 1. The Balaban J connectivity index is 1.92. The summed E-state index contributed by atoms with van der Waals surface area (Å²) in [5.74, 6) is -0.166. The van der Waals surface area contributed by atoms with Crippen LogP contribution in [0, 0.1) is 11.3 Å². The van der Waals surface area contributed by atoms with Crippen molar-refractivity contribution in [1.29, 1.82) is 5.26 Å². The van der Waals surface area contributed by atoms with Crippen molar-refractivity contribution < 1.29 is 4.79 Å². The van der Waals surface area contributed by atoms with Crippen LogP contribution in [-0.4, -0.2) is 45.0 Å². The molecule has 0 bridgehead atoms. The molecule has 0 amide bonds. The molecule has 0 unspecified atom stereocenters. The van der Waals surface area contributed by atoms with E-state index in [1.807, 2.05) is 50.5 Å². The minimum absolute atomic E-state index is 0.166. The first kappa shape index (κ1) is 18.4. The highest BCUT2D eigenvalue weighted by molar-refractivity contribution is 8.03. The summed E-state index contributed by atoms with van der Waals surface area (Å²) in [4.78, 5) is 15.2. The van der Waals surface area contributed by atoms with Gasteiger partial charge in [-0.05, 0) is 58.6 Å². The molecule has 7 nitrogen and oxygen atoms in total. The van der Waals surface area contributed by atoms with Crippen molar-refractivity contribution in [2.45, 2.75) is 5.16 Å². The van der Waals surface area contributed by atoms with Gasteiger partial charge >= 0.3 is 0 Å². The van der Waals surface area contributed by atoms with Gasteiger partial charge in [-0.3, -0.25) is 4.79 Å². The van der Waals surface area contributed by atoms with E-state index < -0.39 is 0 Å². The predicted octanol–water partition coefficient (Wildman–Crippen LogP) is 2.91. The lowest BCUT2D eigenvalue weighted by Crippen LogP contribution is -2.09. The summed E-state index contributed by atoms with van der Waals surface area (Å²) in [5, 5.41) is 21.2. The van der Waals surface area contributed by atoms with Crippen LogP contribution in [-0.2, 0) is 0 Å². The fourth-order valence-corrected chi connectivity index (χ4v) is 3.25. The molecule has 0 fully saturated rings. The standard InChI is InChI=1S/C19H16N6OS/c1-24(2)13-17(18(26)15-10-8-14(12-20)9-11-15)27-19-21-22-23-25(19)16-6-4-3-5-7-16/h3-11,13H,1-2H3/b17-13-. The summed E-state index contributed by atoms with van der Waals surface area (Å²) >= 11 is 1.19. The van der Waals surface area contributed by atoms with E-state index in [0.29, 0.717) is 21.2 Å². The van der Waals surface area contributed by atoms with Gasteiger partial charge in [0.05, 0.1) is 22.2 Å². The van der Waals surface area contributed by atoms with Crippen LogP contribution in [0.3, 0.4) is 0 Å². The van der Waals surface area contributed by atoms with Crippen molar-refractivity contribution in [3.63, 3.8) is 0 Å². The van der Waals surface area contributed by atoms with Crippen LogP contribution in [0.15, 0.2) is 70.9 Å². The summed E-state index contributed by atoms with van der Waals surface area (Å²) in [5.41, 5.74) is 1.80. The van der Waals surface area contributed by atoms with Gasteiger partial charge in [0.2, 0.25) is 10.9 Å². The van der Waals surface area contributed by atoms with Gasteiger partial charge in [-0.2, -0.15) is 9.94 Å². The van der Waals surface area contributed by atoms with Crippen molar-refractivity contribution in [1.82, 2.24) is 25.1 Å². The van der Waals surface area contributed by atoms with Gasteiger partial charge in [-0.15, -0.1) is 5.10 Å². The Morgan fingerprint density at radius 2 is 1.85 bits per heavy atom. The zero-order chi connectivity index (χ0) is 19.2.